The van der Waals surface area contributed by atoms with Gasteiger partial charge in [0.15, 0.2) is 5.13 Å². The van der Waals surface area contributed by atoms with Crippen molar-refractivity contribution in [3.8, 4) is 0 Å². The van der Waals surface area contributed by atoms with Gasteiger partial charge in [0.25, 0.3) is 5.91 Å². The molecular weight excluding hydrogens is 576 g/mol. The molecule has 2 aliphatic heterocycles. The van der Waals surface area contributed by atoms with Crippen LogP contribution in [0.5, 0.6) is 0 Å². The van der Waals surface area contributed by atoms with Crippen LogP contribution in [0.3, 0.4) is 0 Å². The number of hydrogen-bond acceptors (Lipinski definition) is 15. The number of aliphatic carboxylic acids is 2. The van der Waals surface area contributed by atoms with Crippen LogP contribution >= 0.6 is 35.1 Å². The van der Waals surface area contributed by atoms with Crippen molar-refractivity contribution in [2.45, 2.75) is 36.1 Å². The molecule has 4 atom stereocenters. The molecule has 5 N–H and O–H groups in total. The van der Waals surface area contributed by atoms with E-state index in [4.69, 9.17) is 15.7 Å². The van der Waals surface area contributed by atoms with Crippen LogP contribution in [-0.4, -0.2) is 110 Å². The Hall–Kier alpha value is -3.78. The molecule has 4 heterocycles. The SMILES string of the molecule is C=CCn1nnnc1SCC1(C(=O)O)CS[C@@H]2C(NC(=O)C(=NOC(C)C(=O)O)c3nsc(N)n3)C(=O)N2C1. The molecule has 17 nitrogen and oxygen atoms in total. The Morgan fingerprint density at radius 3 is 2.85 bits per heavy atom. The zero-order valence-electron chi connectivity index (χ0n) is 20.2. The van der Waals surface area contributed by atoms with Gasteiger partial charge in [0.05, 0.1) is 6.54 Å². The lowest BCUT2D eigenvalue weighted by Crippen LogP contribution is -2.74. The van der Waals surface area contributed by atoms with E-state index in [1.807, 2.05) is 0 Å². The second-order valence-electron chi connectivity index (χ2n) is 8.41. The standard InChI is InChI=1S/C19H22N10O7S3/c1-3-4-29-18(23-26-27-29)38-7-19(16(34)35)5-28-13(31)10(14(28)37-6-19)21-12(30)9(11-22-17(20)39-25-11)24-36-8(2)15(32)33/h3,8,10,14H,1,4-7H2,2H3,(H,21,30)(H,32,33)(H,34,35)(H2,20,22,25)/t8?,10?,14-,19?/m1/s1. The van der Waals surface area contributed by atoms with Gasteiger partial charge in [0, 0.05) is 29.6 Å². The van der Waals surface area contributed by atoms with Crippen molar-refractivity contribution in [1.29, 1.82) is 0 Å². The number of allylic oxidation sites excluding steroid dienone is 1. The predicted molar refractivity (Wildman–Crippen MR) is 138 cm³/mol. The molecule has 4 rings (SSSR count). The lowest BCUT2D eigenvalue weighted by Gasteiger charge is -2.53. The number of β-lactam (4-membered cyclic amide) rings is 1. The Balaban J connectivity index is 1.44. The van der Waals surface area contributed by atoms with Gasteiger partial charge in [-0.2, -0.15) is 9.36 Å². The van der Waals surface area contributed by atoms with Gasteiger partial charge in [0.1, 0.15) is 16.8 Å². The smallest absolute Gasteiger partial charge is 0.347 e. The molecule has 2 fully saturated rings. The number of carbonyl (C=O) groups is 4. The van der Waals surface area contributed by atoms with E-state index in [1.165, 1.54) is 28.3 Å². The first-order chi connectivity index (χ1) is 18.6. The Morgan fingerprint density at radius 2 is 2.21 bits per heavy atom. The summed E-state index contributed by atoms with van der Waals surface area (Å²) in [5.41, 5.74) is 3.85. The van der Waals surface area contributed by atoms with Gasteiger partial charge < -0.3 is 31.0 Å². The fourth-order valence-electron chi connectivity index (χ4n) is 3.55. The Kier molecular flexibility index (Phi) is 8.35. The van der Waals surface area contributed by atoms with E-state index in [9.17, 15) is 24.3 Å². The van der Waals surface area contributed by atoms with Crippen molar-refractivity contribution in [2.75, 3.05) is 23.8 Å². The van der Waals surface area contributed by atoms with Crippen LogP contribution in [0.4, 0.5) is 5.13 Å². The van der Waals surface area contributed by atoms with E-state index in [2.05, 4.69) is 41.9 Å². The van der Waals surface area contributed by atoms with Crippen LogP contribution in [0.15, 0.2) is 23.0 Å². The van der Waals surface area contributed by atoms with Gasteiger partial charge in [-0.15, -0.1) is 23.4 Å². The number of amides is 2. The number of nitrogens with zero attached hydrogens (tertiary/aromatic N) is 8. The fourth-order valence-corrected chi connectivity index (χ4v) is 6.73. The minimum absolute atomic E-state index is 0.0342. The maximum atomic E-state index is 13.0. The van der Waals surface area contributed by atoms with Gasteiger partial charge in [-0.1, -0.05) is 23.0 Å². The van der Waals surface area contributed by atoms with Gasteiger partial charge in [-0.3, -0.25) is 14.4 Å². The number of nitrogen functional groups attached to an aromatic ring is 1. The molecule has 39 heavy (non-hydrogen) atoms. The molecule has 0 aromatic carbocycles. The molecule has 3 unspecified atom stereocenters. The number of tetrazole rings is 1. The fraction of sp³-hybridized carbons (Fsp3) is 0.474. The van der Waals surface area contributed by atoms with Gasteiger partial charge in [-0.25, -0.2) is 9.48 Å². The number of carboxylic acids is 2. The molecule has 0 radical (unpaired) electrons. The summed E-state index contributed by atoms with van der Waals surface area (Å²) in [7, 11) is 0. The highest BCUT2D eigenvalue weighted by Crippen LogP contribution is 2.44. The number of oxime groups is 1. The summed E-state index contributed by atoms with van der Waals surface area (Å²) < 4.78 is 5.39. The van der Waals surface area contributed by atoms with Crippen LogP contribution in [0.1, 0.15) is 12.7 Å². The monoisotopic (exact) mass is 598 g/mol. The number of fused-ring (bicyclic) bond motifs is 1. The second kappa shape index (κ2) is 11.5. The molecule has 0 aliphatic carbocycles. The summed E-state index contributed by atoms with van der Waals surface area (Å²) in [6.45, 7) is 5.12. The van der Waals surface area contributed by atoms with E-state index < -0.39 is 52.4 Å². The lowest BCUT2D eigenvalue weighted by atomic mass is 9.89. The van der Waals surface area contributed by atoms with Crippen molar-refractivity contribution < 1.29 is 34.2 Å². The van der Waals surface area contributed by atoms with Crippen LogP contribution in [0, 0.1) is 5.41 Å². The highest BCUT2D eigenvalue weighted by Gasteiger charge is 2.57. The maximum Gasteiger partial charge on any atom is 0.347 e. The van der Waals surface area contributed by atoms with Crippen molar-refractivity contribution in [3.05, 3.63) is 18.5 Å². The van der Waals surface area contributed by atoms with Crippen molar-refractivity contribution in [1.82, 2.24) is 39.8 Å². The summed E-state index contributed by atoms with van der Waals surface area (Å²) in [5.74, 6) is -3.70. The van der Waals surface area contributed by atoms with Crippen molar-refractivity contribution in [2.24, 2.45) is 10.6 Å². The molecule has 0 bridgehead atoms. The number of anilines is 1. The molecule has 2 saturated heterocycles. The number of nitrogens with one attached hydrogen (secondary N) is 1. The van der Waals surface area contributed by atoms with Crippen LogP contribution < -0.4 is 11.1 Å². The van der Waals surface area contributed by atoms with E-state index in [-0.39, 0.29) is 29.0 Å². The second-order valence-corrected chi connectivity index (χ2v) is 11.2. The third kappa shape index (κ3) is 5.81. The predicted octanol–water partition coefficient (Wildman–Crippen LogP) is -1.25. The van der Waals surface area contributed by atoms with Crippen LogP contribution in [0.2, 0.25) is 0 Å². The average molecular weight is 599 g/mol. The molecule has 0 spiro atoms. The average Bonchev–Trinajstić information content (AvgIpc) is 3.54. The molecular formula is C19H22N10O7S3. The topological polar surface area (TPSA) is 241 Å². The zero-order chi connectivity index (χ0) is 28.3. The number of aromatic nitrogens is 6. The Morgan fingerprint density at radius 1 is 1.44 bits per heavy atom. The van der Waals surface area contributed by atoms with Gasteiger partial charge >= 0.3 is 11.9 Å². The molecule has 2 amide bonds. The highest BCUT2D eigenvalue weighted by molar-refractivity contribution is 8.00. The normalized spacial score (nSPS) is 23.4. The minimum Gasteiger partial charge on any atom is -0.481 e. The Bertz CT molecular complexity index is 1330. The molecule has 2 aromatic heterocycles. The van der Waals surface area contributed by atoms with Gasteiger partial charge in [-0.05, 0) is 17.4 Å². The van der Waals surface area contributed by atoms with Crippen LogP contribution in [-0.2, 0) is 30.6 Å². The first-order valence-corrected chi connectivity index (χ1v) is 13.9. The lowest BCUT2D eigenvalue weighted by molar-refractivity contribution is -0.157. The quantitative estimate of drug-likeness (QED) is 0.0733. The van der Waals surface area contributed by atoms with Crippen molar-refractivity contribution >= 4 is 69.7 Å². The first-order valence-electron chi connectivity index (χ1n) is 11.1. The number of thioether (sulfide) groups is 2. The summed E-state index contributed by atoms with van der Waals surface area (Å²) >= 11 is 3.16. The van der Waals surface area contributed by atoms with E-state index >= 15 is 0 Å². The van der Waals surface area contributed by atoms with E-state index in [0.717, 1.165) is 23.3 Å². The summed E-state index contributed by atoms with van der Waals surface area (Å²) in [6.07, 6.45) is 0.234. The molecule has 2 aromatic rings. The largest absolute Gasteiger partial charge is 0.481 e. The van der Waals surface area contributed by atoms with Crippen LogP contribution in [0.25, 0.3) is 0 Å². The summed E-state index contributed by atoms with van der Waals surface area (Å²) in [5, 5.41) is 36.5. The molecule has 2 aliphatic rings. The molecule has 0 saturated carbocycles. The minimum atomic E-state index is -1.37. The number of carbonyl (C=O) groups excluding carboxylic acids is 2. The van der Waals surface area contributed by atoms with Gasteiger partial charge in [0.2, 0.25) is 28.7 Å². The summed E-state index contributed by atoms with van der Waals surface area (Å²) in [4.78, 5) is 59.5. The third-order valence-electron chi connectivity index (χ3n) is 5.68. The zero-order valence-corrected chi connectivity index (χ0v) is 22.6. The number of carboxylic acid groups (broad SMARTS) is 2. The number of hydrogen-bond donors (Lipinski definition) is 4. The Labute approximate surface area is 232 Å². The molecule has 20 heteroatoms. The number of nitrogens with two attached hydrogens (primary N) is 1. The number of rotatable bonds is 12. The highest BCUT2D eigenvalue weighted by atomic mass is 32.2. The third-order valence-corrected chi connectivity index (χ3v) is 9.06. The summed E-state index contributed by atoms with van der Waals surface area (Å²) in [6, 6.07) is -0.986. The van der Waals surface area contributed by atoms with E-state index in [1.54, 1.807) is 6.08 Å². The van der Waals surface area contributed by atoms with Crippen molar-refractivity contribution in [3.63, 3.8) is 0 Å². The molecule has 208 valence electrons. The maximum absolute atomic E-state index is 13.0. The van der Waals surface area contributed by atoms with E-state index in [0.29, 0.717) is 11.7 Å². The first kappa shape index (κ1) is 28.2.